The predicted molar refractivity (Wildman–Crippen MR) is 122 cm³/mol. The van der Waals surface area contributed by atoms with E-state index in [2.05, 4.69) is 15.4 Å². The zero-order valence-corrected chi connectivity index (χ0v) is 18.3. The zero-order valence-electron chi connectivity index (χ0n) is 16.8. The van der Waals surface area contributed by atoms with Crippen LogP contribution in [-0.4, -0.2) is 20.2 Å². The van der Waals surface area contributed by atoms with Gasteiger partial charge >= 0.3 is 0 Å². The summed E-state index contributed by atoms with van der Waals surface area (Å²) in [5.41, 5.74) is 2.01. The summed E-state index contributed by atoms with van der Waals surface area (Å²) >= 11 is 5.84. The van der Waals surface area contributed by atoms with Crippen molar-refractivity contribution in [1.82, 2.24) is 0 Å². The van der Waals surface area contributed by atoms with Crippen LogP contribution in [0.2, 0.25) is 5.02 Å². The highest BCUT2D eigenvalue weighted by atomic mass is 35.5. The van der Waals surface area contributed by atoms with Crippen LogP contribution in [0.5, 0.6) is 0 Å². The Balaban J connectivity index is 1.83. The lowest BCUT2D eigenvalue weighted by atomic mass is 10.1. The van der Waals surface area contributed by atoms with Crippen LogP contribution in [-0.2, 0) is 14.8 Å². The van der Waals surface area contributed by atoms with E-state index in [0.29, 0.717) is 33.2 Å². The summed E-state index contributed by atoms with van der Waals surface area (Å²) in [6, 6.07) is 17.3. The van der Waals surface area contributed by atoms with Crippen LogP contribution < -0.4 is 15.4 Å². The molecule has 160 valence electrons. The molecule has 2 amide bonds. The van der Waals surface area contributed by atoms with E-state index < -0.39 is 15.9 Å². The monoisotopic (exact) mass is 457 g/mol. The minimum absolute atomic E-state index is 0.0345. The molecule has 0 aliphatic rings. The number of hydrogen-bond acceptors (Lipinski definition) is 4. The lowest BCUT2D eigenvalue weighted by molar-refractivity contribution is -0.114. The van der Waals surface area contributed by atoms with Gasteiger partial charge in [-0.2, -0.15) is 0 Å². The second-order valence-electron chi connectivity index (χ2n) is 6.81. The number of carbonyl (C=O) groups excluding carboxylic acids is 2. The van der Waals surface area contributed by atoms with Crippen LogP contribution >= 0.6 is 11.6 Å². The van der Waals surface area contributed by atoms with Crippen LogP contribution in [0.15, 0.2) is 71.6 Å². The summed E-state index contributed by atoms with van der Waals surface area (Å²) < 4.78 is 28.2. The van der Waals surface area contributed by atoms with E-state index in [-0.39, 0.29) is 10.8 Å². The highest BCUT2D eigenvalue weighted by Crippen LogP contribution is 2.24. The molecule has 0 unspecified atom stereocenters. The first-order chi connectivity index (χ1) is 14.6. The number of anilines is 3. The number of nitrogens with one attached hydrogen (secondary N) is 3. The number of benzene rings is 3. The van der Waals surface area contributed by atoms with Gasteiger partial charge in [-0.15, -0.1) is 0 Å². The summed E-state index contributed by atoms with van der Waals surface area (Å²) in [6.07, 6.45) is 0. The Bertz CT molecular complexity index is 1240. The van der Waals surface area contributed by atoms with Gasteiger partial charge in [-0.3, -0.25) is 14.3 Å². The molecular formula is C22H20ClN3O4S. The van der Waals surface area contributed by atoms with Gasteiger partial charge in [0, 0.05) is 34.6 Å². The molecule has 0 spiro atoms. The smallest absolute Gasteiger partial charge is 0.262 e. The number of aryl methyl sites for hydroxylation is 1. The first-order valence-electron chi connectivity index (χ1n) is 9.22. The van der Waals surface area contributed by atoms with Crippen molar-refractivity contribution >= 4 is 50.5 Å². The second-order valence-corrected chi connectivity index (χ2v) is 8.90. The molecule has 3 aromatic rings. The van der Waals surface area contributed by atoms with Gasteiger partial charge < -0.3 is 10.6 Å². The molecule has 0 bridgehead atoms. The Morgan fingerprint density at radius 1 is 0.839 bits per heavy atom. The van der Waals surface area contributed by atoms with Crippen molar-refractivity contribution in [2.24, 2.45) is 0 Å². The first kappa shape index (κ1) is 22.3. The molecule has 3 N–H and O–H groups in total. The molecule has 31 heavy (non-hydrogen) atoms. The number of carbonyl (C=O) groups is 2. The molecule has 0 fully saturated rings. The van der Waals surface area contributed by atoms with Crippen LogP contribution in [0.4, 0.5) is 17.1 Å². The van der Waals surface area contributed by atoms with Gasteiger partial charge in [-0.05, 0) is 67.1 Å². The third kappa shape index (κ3) is 5.84. The zero-order chi connectivity index (χ0) is 22.6. The van der Waals surface area contributed by atoms with E-state index >= 15 is 0 Å². The highest BCUT2D eigenvalue weighted by Gasteiger charge is 2.18. The van der Waals surface area contributed by atoms with Gasteiger partial charge in [-0.1, -0.05) is 23.7 Å². The number of amides is 2. The number of sulfonamides is 1. The Labute approximate surface area is 185 Å². The van der Waals surface area contributed by atoms with Crippen molar-refractivity contribution in [2.45, 2.75) is 18.7 Å². The second kappa shape index (κ2) is 9.20. The van der Waals surface area contributed by atoms with E-state index in [0.717, 1.165) is 0 Å². The molecule has 0 atom stereocenters. The van der Waals surface area contributed by atoms with Gasteiger partial charge in [-0.25, -0.2) is 8.42 Å². The topological polar surface area (TPSA) is 104 Å². The summed E-state index contributed by atoms with van der Waals surface area (Å²) in [6.45, 7) is 3.04. The molecule has 0 heterocycles. The molecule has 0 radical (unpaired) electrons. The fraction of sp³-hybridized carbons (Fsp3) is 0.0909. The van der Waals surface area contributed by atoms with Gasteiger partial charge in [0.2, 0.25) is 5.91 Å². The standard InChI is InChI=1S/C22H20ClN3O4S/c1-14-6-9-20(25-22(28)16-4-3-5-19(12-16)24-15(2)27)13-21(14)31(29,30)26-18-10-7-17(23)8-11-18/h3-13,26H,1-2H3,(H,24,27)(H,25,28). The van der Waals surface area contributed by atoms with Crippen molar-refractivity contribution in [3.8, 4) is 0 Å². The van der Waals surface area contributed by atoms with E-state index in [1.54, 1.807) is 61.5 Å². The maximum atomic E-state index is 12.9. The van der Waals surface area contributed by atoms with Gasteiger partial charge in [0.1, 0.15) is 0 Å². The number of rotatable bonds is 6. The minimum Gasteiger partial charge on any atom is -0.326 e. The van der Waals surface area contributed by atoms with Crippen molar-refractivity contribution in [3.05, 3.63) is 82.9 Å². The average Bonchev–Trinajstić information content (AvgIpc) is 2.70. The average molecular weight is 458 g/mol. The Morgan fingerprint density at radius 3 is 2.16 bits per heavy atom. The summed E-state index contributed by atoms with van der Waals surface area (Å²) in [4.78, 5) is 23.9. The third-order valence-corrected chi connectivity index (χ3v) is 6.05. The largest absolute Gasteiger partial charge is 0.326 e. The summed E-state index contributed by atoms with van der Waals surface area (Å²) in [5, 5.41) is 5.79. The predicted octanol–water partition coefficient (Wildman–Crippen LogP) is 4.66. The highest BCUT2D eigenvalue weighted by molar-refractivity contribution is 7.92. The minimum atomic E-state index is -3.89. The Morgan fingerprint density at radius 2 is 1.48 bits per heavy atom. The molecule has 0 saturated heterocycles. The molecule has 0 aliphatic carbocycles. The van der Waals surface area contributed by atoms with E-state index in [9.17, 15) is 18.0 Å². The van der Waals surface area contributed by atoms with Gasteiger partial charge in [0.15, 0.2) is 0 Å². The molecular weight excluding hydrogens is 438 g/mol. The summed E-state index contributed by atoms with van der Waals surface area (Å²) in [5.74, 6) is -0.691. The maximum Gasteiger partial charge on any atom is 0.262 e. The molecule has 3 rings (SSSR count). The maximum absolute atomic E-state index is 12.9. The Kier molecular flexibility index (Phi) is 6.62. The van der Waals surface area contributed by atoms with E-state index in [1.807, 2.05) is 0 Å². The lowest BCUT2D eigenvalue weighted by Crippen LogP contribution is -2.16. The fourth-order valence-corrected chi connectivity index (χ4v) is 4.30. The van der Waals surface area contributed by atoms with Crippen molar-refractivity contribution in [3.63, 3.8) is 0 Å². The molecule has 9 heteroatoms. The molecule has 0 aromatic heterocycles. The van der Waals surface area contributed by atoms with Crippen LogP contribution in [0.25, 0.3) is 0 Å². The van der Waals surface area contributed by atoms with Crippen LogP contribution in [0.3, 0.4) is 0 Å². The molecule has 3 aromatic carbocycles. The van der Waals surface area contributed by atoms with Gasteiger partial charge in [0.25, 0.3) is 15.9 Å². The number of hydrogen-bond donors (Lipinski definition) is 3. The third-order valence-electron chi connectivity index (χ3n) is 4.28. The number of halogens is 1. The quantitative estimate of drug-likeness (QED) is 0.500. The molecule has 0 saturated carbocycles. The summed E-state index contributed by atoms with van der Waals surface area (Å²) in [7, 11) is -3.89. The molecule has 7 nitrogen and oxygen atoms in total. The normalized spacial score (nSPS) is 10.9. The van der Waals surface area contributed by atoms with E-state index in [4.69, 9.17) is 11.6 Å². The lowest BCUT2D eigenvalue weighted by Gasteiger charge is -2.13. The van der Waals surface area contributed by atoms with Crippen molar-refractivity contribution < 1.29 is 18.0 Å². The SMILES string of the molecule is CC(=O)Nc1cccc(C(=O)Nc2ccc(C)c(S(=O)(=O)Nc3ccc(Cl)cc3)c2)c1. The van der Waals surface area contributed by atoms with E-state index in [1.165, 1.54) is 19.1 Å². The first-order valence-corrected chi connectivity index (χ1v) is 11.1. The Hall–Kier alpha value is -3.36. The van der Waals surface area contributed by atoms with Crippen molar-refractivity contribution in [2.75, 3.05) is 15.4 Å². The van der Waals surface area contributed by atoms with Crippen LogP contribution in [0.1, 0.15) is 22.8 Å². The van der Waals surface area contributed by atoms with Crippen molar-refractivity contribution in [1.29, 1.82) is 0 Å². The molecule has 0 aliphatic heterocycles. The van der Waals surface area contributed by atoms with Crippen LogP contribution in [0, 0.1) is 6.92 Å². The fourth-order valence-electron chi connectivity index (χ4n) is 2.84. The van der Waals surface area contributed by atoms with Gasteiger partial charge in [0.05, 0.1) is 4.90 Å².